The van der Waals surface area contributed by atoms with Gasteiger partial charge in [0.1, 0.15) is 0 Å². The van der Waals surface area contributed by atoms with Gasteiger partial charge in [-0.1, -0.05) is 74.0 Å². The zero-order valence-corrected chi connectivity index (χ0v) is 15.5. The Morgan fingerprint density at radius 2 is 1.59 bits per heavy atom. The summed E-state index contributed by atoms with van der Waals surface area (Å²) in [7, 11) is 0. The third-order valence-electron chi connectivity index (χ3n) is 4.22. The summed E-state index contributed by atoms with van der Waals surface area (Å²) in [6.07, 6.45) is 3.80. The average Bonchev–Trinajstić information content (AvgIpc) is 2.73. The quantitative estimate of drug-likeness (QED) is 0.587. The SMILES string of the molecule is CCCCC(=O)Nc1ccc(OC(c2ccccc2)c2ccccc2)nc1. The summed E-state index contributed by atoms with van der Waals surface area (Å²) in [5.41, 5.74) is 2.80. The van der Waals surface area contributed by atoms with Gasteiger partial charge in [-0.3, -0.25) is 4.79 Å². The Morgan fingerprint density at radius 3 is 2.11 bits per heavy atom. The molecule has 2 aromatic carbocycles. The highest BCUT2D eigenvalue weighted by Crippen LogP contribution is 2.27. The summed E-state index contributed by atoms with van der Waals surface area (Å²) in [5.74, 6) is 0.526. The molecule has 138 valence electrons. The molecule has 27 heavy (non-hydrogen) atoms. The van der Waals surface area contributed by atoms with Crippen molar-refractivity contribution in [2.75, 3.05) is 5.32 Å². The fourth-order valence-electron chi connectivity index (χ4n) is 2.79. The van der Waals surface area contributed by atoms with Gasteiger partial charge in [0, 0.05) is 12.5 Å². The van der Waals surface area contributed by atoms with Gasteiger partial charge in [0.15, 0.2) is 6.10 Å². The number of rotatable bonds is 8. The minimum absolute atomic E-state index is 0.0127. The van der Waals surface area contributed by atoms with Crippen LogP contribution in [0.4, 0.5) is 5.69 Å². The summed E-state index contributed by atoms with van der Waals surface area (Å²) < 4.78 is 6.19. The fourth-order valence-corrected chi connectivity index (χ4v) is 2.79. The summed E-state index contributed by atoms with van der Waals surface area (Å²) >= 11 is 0. The van der Waals surface area contributed by atoms with Crippen LogP contribution in [0.15, 0.2) is 79.0 Å². The van der Waals surface area contributed by atoms with Gasteiger partial charge in [-0.2, -0.15) is 0 Å². The summed E-state index contributed by atoms with van der Waals surface area (Å²) in [5, 5.41) is 2.86. The number of carbonyl (C=O) groups is 1. The number of benzene rings is 2. The lowest BCUT2D eigenvalue weighted by molar-refractivity contribution is -0.116. The maximum atomic E-state index is 11.8. The number of hydrogen-bond acceptors (Lipinski definition) is 3. The molecule has 0 saturated heterocycles. The van der Waals surface area contributed by atoms with E-state index in [9.17, 15) is 4.79 Å². The first-order valence-corrected chi connectivity index (χ1v) is 9.28. The van der Waals surface area contributed by atoms with Crippen LogP contribution in [0.1, 0.15) is 43.4 Å². The predicted octanol–water partition coefficient (Wildman–Crippen LogP) is 5.38. The van der Waals surface area contributed by atoms with Gasteiger partial charge in [0.2, 0.25) is 11.8 Å². The van der Waals surface area contributed by atoms with Crippen LogP contribution in [0.5, 0.6) is 5.88 Å². The Labute approximate surface area is 160 Å². The smallest absolute Gasteiger partial charge is 0.224 e. The van der Waals surface area contributed by atoms with Crippen molar-refractivity contribution in [2.45, 2.75) is 32.3 Å². The minimum atomic E-state index is -0.245. The first kappa shape index (κ1) is 18.6. The van der Waals surface area contributed by atoms with Gasteiger partial charge in [0.05, 0.1) is 11.9 Å². The molecule has 0 spiro atoms. The maximum Gasteiger partial charge on any atom is 0.224 e. The molecule has 0 atom stereocenters. The predicted molar refractivity (Wildman–Crippen MR) is 108 cm³/mol. The van der Waals surface area contributed by atoms with Gasteiger partial charge >= 0.3 is 0 Å². The number of unbranched alkanes of at least 4 members (excludes halogenated alkanes) is 1. The number of hydrogen-bond donors (Lipinski definition) is 1. The van der Waals surface area contributed by atoms with Crippen molar-refractivity contribution in [1.29, 1.82) is 0 Å². The molecule has 1 N–H and O–H groups in total. The fraction of sp³-hybridized carbons (Fsp3) is 0.217. The van der Waals surface area contributed by atoms with E-state index in [0.717, 1.165) is 24.0 Å². The van der Waals surface area contributed by atoms with Crippen molar-refractivity contribution in [3.8, 4) is 5.88 Å². The molecule has 0 aliphatic carbocycles. The number of ether oxygens (including phenoxy) is 1. The summed E-state index contributed by atoms with van der Waals surface area (Å²) in [6, 6.07) is 23.7. The molecule has 1 amide bonds. The number of nitrogens with zero attached hydrogens (tertiary/aromatic N) is 1. The van der Waals surface area contributed by atoms with Gasteiger partial charge in [-0.15, -0.1) is 0 Å². The van der Waals surface area contributed by atoms with E-state index in [1.165, 1.54) is 0 Å². The Hall–Kier alpha value is -3.14. The van der Waals surface area contributed by atoms with Crippen LogP contribution in [0.2, 0.25) is 0 Å². The largest absolute Gasteiger partial charge is 0.465 e. The van der Waals surface area contributed by atoms with E-state index in [-0.39, 0.29) is 12.0 Å². The summed E-state index contributed by atoms with van der Waals surface area (Å²) in [4.78, 5) is 16.2. The van der Waals surface area contributed by atoms with E-state index in [2.05, 4.69) is 17.2 Å². The number of anilines is 1. The van der Waals surface area contributed by atoms with Gasteiger partial charge in [-0.05, 0) is 23.6 Å². The molecule has 1 heterocycles. The Balaban J connectivity index is 1.74. The molecule has 0 radical (unpaired) electrons. The molecule has 0 aliphatic heterocycles. The van der Waals surface area contributed by atoms with Crippen LogP contribution < -0.4 is 10.1 Å². The van der Waals surface area contributed by atoms with E-state index in [0.29, 0.717) is 18.0 Å². The molecule has 4 heteroatoms. The van der Waals surface area contributed by atoms with Crippen molar-refractivity contribution in [3.63, 3.8) is 0 Å². The van der Waals surface area contributed by atoms with Gasteiger partial charge < -0.3 is 10.1 Å². The number of aromatic nitrogens is 1. The molecular weight excluding hydrogens is 336 g/mol. The molecule has 3 aromatic rings. The molecule has 1 aromatic heterocycles. The molecule has 0 unspecified atom stereocenters. The lowest BCUT2D eigenvalue weighted by Gasteiger charge is -2.19. The van der Waals surface area contributed by atoms with E-state index < -0.39 is 0 Å². The van der Waals surface area contributed by atoms with E-state index in [4.69, 9.17) is 4.74 Å². The Kier molecular flexibility index (Phi) is 6.58. The monoisotopic (exact) mass is 360 g/mol. The second-order valence-corrected chi connectivity index (χ2v) is 6.36. The standard InChI is InChI=1S/C23H24N2O2/c1-2-3-14-21(26)25-20-15-16-22(24-17-20)27-23(18-10-6-4-7-11-18)19-12-8-5-9-13-19/h4-13,15-17,23H,2-3,14H2,1H3,(H,25,26). The molecular formula is C23H24N2O2. The number of carbonyl (C=O) groups excluding carboxylic acids is 1. The van der Waals surface area contributed by atoms with Crippen LogP contribution in [-0.4, -0.2) is 10.9 Å². The van der Waals surface area contributed by atoms with Gasteiger partial charge in [0.25, 0.3) is 0 Å². The van der Waals surface area contributed by atoms with Crippen molar-refractivity contribution in [2.24, 2.45) is 0 Å². The molecule has 0 saturated carbocycles. The third-order valence-corrected chi connectivity index (χ3v) is 4.22. The highest BCUT2D eigenvalue weighted by molar-refractivity contribution is 5.90. The average molecular weight is 360 g/mol. The molecule has 0 fully saturated rings. The Morgan fingerprint density at radius 1 is 0.963 bits per heavy atom. The van der Waals surface area contributed by atoms with Crippen LogP contribution in [0, 0.1) is 0 Å². The second-order valence-electron chi connectivity index (χ2n) is 6.36. The van der Waals surface area contributed by atoms with Crippen LogP contribution in [-0.2, 0) is 4.79 Å². The lowest BCUT2D eigenvalue weighted by atomic mass is 10.0. The van der Waals surface area contributed by atoms with E-state index in [1.54, 1.807) is 12.3 Å². The summed E-state index contributed by atoms with van der Waals surface area (Å²) in [6.45, 7) is 2.07. The van der Waals surface area contributed by atoms with Crippen LogP contribution in [0.3, 0.4) is 0 Å². The normalized spacial score (nSPS) is 10.6. The van der Waals surface area contributed by atoms with Crippen molar-refractivity contribution < 1.29 is 9.53 Å². The highest BCUT2D eigenvalue weighted by atomic mass is 16.5. The van der Waals surface area contributed by atoms with Crippen molar-refractivity contribution in [3.05, 3.63) is 90.1 Å². The third kappa shape index (κ3) is 5.42. The number of pyridine rings is 1. The topological polar surface area (TPSA) is 51.2 Å². The van der Waals surface area contributed by atoms with Gasteiger partial charge in [-0.25, -0.2) is 4.98 Å². The van der Waals surface area contributed by atoms with Crippen molar-refractivity contribution in [1.82, 2.24) is 4.98 Å². The first-order chi connectivity index (χ1) is 13.3. The van der Waals surface area contributed by atoms with E-state index in [1.807, 2.05) is 66.7 Å². The number of amides is 1. The second kappa shape index (κ2) is 9.53. The molecule has 4 nitrogen and oxygen atoms in total. The van der Waals surface area contributed by atoms with Crippen LogP contribution >= 0.6 is 0 Å². The zero-order chi connectivity index (χ0) is 18.9. The molecule has 0 aliphatic rings. The number of nitrogens with one attached hydrogen (secondary N) is 1. The Bertz CT molecular complexity index is 794. The lowest BCUT2D eigenvalue weighted by Crippen LogP contribution is -2.12. The van der Waals surface area contributed by atoms with Crippen LogP contribution in [0.25, 0.3) is 0 Å². The first-order valence-electron chi connectivity index (χ1n) is 9.28. The highest BCUT2D eigenvalue weighted by Gasteiger charge is 2.16. The molecule has 3 rings (SSSR count). The molecule has 0 bridgehead atoms. The minimum Gasteiger partial charge on any atom is -0.465 e. The van der Waals surface area contributed by atoms with Crippen molar-refractivity contribution >= 4 is 11.6 Å². The maximum absolute atomic E-state index is 11.8. The van der Waals surface area contributed by atoms with E-state index >= 15 is 0 Å². The zero-order valence-electron chi connectivity index (χ0n) is 15.5.